The quantitative estimate of drug-likeness (QED) is 0.629. The van der Waals surface area contributed by atoms with Crippen LogP contribution in [0.2, 0.25) is 0 Å². The van der Waals surface area contributed by atoms with E-state index < -0.39 is 0 Å². The Morgan fingerprint density at radius 1 is 1.00 bits per heavy atom. The Hall–Kier alpha value is -2.16. The van der Waals surface area contributed by atoms with Crippen molar-refractivity contribution < 1.29 is 4.39 Å². The summed E-state index contributed by atoms with van der Waals surface area (Å²) in [4.78, 5) is 0. The fourth-order valence-corrected chi connectivity index (χ4v) is 1.42. The van der Waals surface area contributed by atoms with Crippen molar-refractivity contribution >= 4 is 11.4 Å². The molecule has 2 aromatic carbocycles. The largest absolute Gasteiger partial charge is 0.278 e. The van der Waals surface area contributed by atoms with Crippen LogP contribution in [0.3, 0.4) is 0 Å². The van der Waals surface area contributed by atoms with Crippen molar-refractivity contribution in [2.45, 2.75) is 6.92 Å². The maximum absolute atomic E-state index is 12.7. The van der Waals surface area contributed by atoms with Crippen LogP contribution in [0.1, 0.15) is 12.5 Å². The van der Waals surface area contributed by atoms with Gasteiger partial charge in [0.15, 0.2) is 0 Å². The van der Waals surface area contributed by atoms with Gasteiger partial charge in [0.2, 0.25) is 0 Å². The summed E-state index contributed by atoms with van der Waals surface area (Å²) in [6.45, 7) is 1.88. The van der Waals surface area contributed by atoms with Gasteiger partial charge in [0.05, 0.1) is 11.4 Å². The predicted molar refractivity (Wildman–Crippen MR) is 68.7 cm³/mol. The number of hydrazone groups is 1. The van der Waals surface area contributed by atoms with Crippen LogP contribution in [0.25, 0.3) is 0 Å². The molecule has 0 heterocycles. The average Bonchev–Trinajstić information content (AvgIpc) is 2.38. The van der Waals surface area contributed by atoms with E-state index in [1.165, 1.54) is 12.1 Å². The van der Waals surface area contributed by atoms with Crippen molar-refractivity contribution in [2.75, 3.05) is 5.43 Å². The molecule has 0 atom stereocenters. The third-order valence-corrected chi connectivity index (χ3v) is 2.39. The summed E-state index contributed by atoms with van der Waals surface area (Å²) in [7, 11) is 0. The van der Waals surface area contributed by atoms with Gasteiger partial charge in [0.25, 0.3) is 0 Å². The summed E-state index contributed by atoms with van der Waals surface area (Å²) < 4.78 is 12.7. The number of hydrogen-bond acceptors (Lipinski definition) is 2. The standard InChI is InChI=1S/C14H13FN2/c1-11(12-7-9-13(15)10-8-12)16-17-14-5-3-2-4-6-14/h2-10,17H,1H3/b16-11+. The second-order valence-corrected chi connectivity index (χ2v) is 3.68. The minimum absolute atomic E-state index is 0.238. The van der Waals surface area contributed by atoms with Crippen LogP contribution in [0, 0.1) is 5.82 Å². The molecule has 0 fully saturated rings. The van der Waals surface area contributed by atoms with Crippen molar-refractivity contribution in [2.24, 2.45) is 5.10 Å². The second-order valence-electron chi connectivity index (χ2n) is 3.68. The van der Waals surface area contributed by atoms with Gasteiger partial charge in [0, 0.05) is 0 Å². The zero-order valence-corrected chi connectivity index (χ0v) is 9.52. The summed E-state index contributed by atoms with van der Waals surface area (Å²) >= 11 is 0. The Balaban J connectivity index is 2.10. The van der Waals surface area contributed by atoms with Crippen LogP contribution in [0.15, 0.2) is 59.7 Å². The van der Waals surface area contributed by atoms with Crippen LogP contribution in [-0.2, 0) is 0 Å². The molecule has 2 nitrogen and oxygen atoms in total. The van der Waals surface area contributed by atoms with Gasteiger partial charge >= 0.3 is 0 Å². The third-order valence-electron chi connectivity index (χ3n) is 2.39. The highest BCUT2D eigenvalue weighted by Crippen LogP contribution is 2.07. The van der Waals surface area contributed by atoms with Gasteiger partial charge < -0.3 is 0 Å². The van der Waals surface area contributed by atoms with E-state index in [1.807, 2.05) is 37.3 Å². The van der Waals surface area contributed by atoms with E-state index in [0.717, 1.165) is 17.0 Å². The fourth-order valence-electron chi connectivity index (χ4n) is 1.42. The zero-order valence-electron chi connectivity index (χ0n) is 9.52. The van der Waals surface area contributed by atoms with Gasteiger partial charge in [-0.25, -0.2) is 4.39 Å². The van der Waals surface area contributed by atoms with Crippen LogP contribution < -0.4 is 5.43 Å². The summed E-state index contributed by atoms with van der Waals surface area (Å²) in [5, 5.41) is 4.24. The number of hydrogen-bond donors (Lipinski definition) is 1. The molecular weight excluding hydrogens is 215 g/mol. The predicted octanol–water partition coefficient (Wildman–Crippen LogP) is 3.66. The molecule has 0 radical (unpaired) electrons. The molecule has 0 saturated heterocycles. The summed E-state index contributed by atoms with van der Waals surface area (Å²) in [6.07, 6.45) is 0. The summed E-state index contributed by atoms with van der Waals surface area (Å²) in [5.74, 6) is -0.238. The molecule has 17 heavy (non-hydrogen) atoms. The Kier molecular flexibility index (Phi) is 3.50. The lowest BCUT2D eigenvalue weighted by Gasteiger charge is -2.03. The molecule has 2 aromatic rings. The van der Waals surface area contributed by atoms with Gasteiger partial charge in [-0.2, -0.15) is 5.10 Å². The van der Waals surface area contributed by atoms with Crippen LogP contribution >= 0.6 is 0 Å². The molecule has 86 valence electrons. The van der Waals surface area contributed by atoms with Crippen molar-refractivity contribution in [1.29, 1.82) is 0 Å². The Morgan fingerprint density at radius 2 is 1.65 bits per heavy atom. The number of halogens is 1. The Bertz CT molecular complexity index is 504. The number of rotatable bonds is 3. The molecule has 0 amide bonds. The topological polar surface area (TPSA) is 24.4 Å². The highest BCUT2D eigenvalue weighted by Gasteiger charge is 1.97. The van der Waals surface area contributed by atoms with E-state index in [2.05, 4.69) is 10.5 Å². The van der Waals surface area contributed by atoms with Crippen molar-refractivity contribution in [3.63, 3.8) is 0 Å². The van der Waals surface area contributed by atoms with Crippen LogP contribution in [-0.4, -0.2) is 5.71 Å². The number of anilines is 1. The van der Waals surface area contributed by atoms with E-state index in [-0.39, 0.29) is 5.82 Å². The molecular formula is C14H13FN2. The van der Waals surface area contributed by atoms with Crippen LogP contribution in [0.4, 0.5) is 10.1 Å². The molecule has 2 rings (SSSR count). The average molecular weight is 228 g/mol. The van der Waals surface area contributed by atoms with Gasteiger partial charge in [-0.15, -0.1) is 0 Å². The zero-order chi connectivity index (χ0) is 12.1. The van der Waals surface area contributed by atoms with Crippen LogP contribution in [0.5, 0.6) is 0 Å². The van der Waals surface area contributed by atoms with Gasteiger partial charge in [-0.3, -0.25) is 5.43 Å². The molecule has 0 aliphatic carbocycles. The molecule has 0 aliphatic heterocycles. The summed E-state index contributed by atoms with van der Waals surface area (Å²) in [5.41, 5.74) is 5.59. The van der Waals surface area contributed by atoms with Gasteiger partial charge in [-0.1, -0.05) is 30.3 Å². The SMILES string of the molecule is C/C(=N\Nc1ccccc1)c1ccc(F)cc1. The minimum atomic E-state index is -0.238. The second kappa shape index (κ2) is 5.25. The van der Waals surface area contributed by atoms with Crippen molar-refractivity contribution in [3.8, 4) is 0 Å². The summed E-state index contributed by atoms with van der Waals surface area (Å²) in [6, 6.07) is 16.0. The molecule has 0 spiro atoms. The molecule has 0 saturated carbocycles. The highest BCUT2D eigenvalue weighted by molar-refractivity contribution is 5.99. The number of nitrogens with one attached hydrogen (secondary N) is 1. The molecule has 0 bridgehead atoms. The number of nitrogens with zero attached hydrogens (tertiary/aromatic N) is 1. The smallest absolute Gasteiger partial charge is 0.123 e. The first-order valence-electron chi connectivity index (χ1n) is 5.37. The lowest BCUT2D eigenvalue weighted by Crippen LogP contribution is -1.99. The van der Waals surface area contributed by atoms with E-state index in [0.29, 0.717) is 0 Å². The van der Waals surface area contributed by atoms with Crippen molar-refractivity contribution in [3.05, 3.63) is 66.0 Å². The normalized spacial score (nSPS) is 11.3. The highest BCUT2D eigenvalue weighted by atomic mass is 19.1. The Labute approximate surface area is 99.8 Å². The lowest BCUT2D eigenvalue weighted by molar-refractivity contribution is 0.628. The monoisotopic (exact) mass is 228 g/mol. The van der Waals surface area contributed by atoms with Gasteiger partial charge in [-0.05, 0) is 36.8 Å². The third kappa shape index (κ3) is 3.14. The molecule has 3 heteroatoms. The molecule has 0 aromatic heterocycles. The lowest BCUT2D eigenvalue weighted by atomic mass is 10.1. The first kappa shape index (κ1) is 11.3. The first-order chi connectivity index (χ1) is 8.25. The molecule has 0 unspecified atom stereocenters. The van der Waals surface area contributed by atoms with E-state index in [9.17, 15) is 4.39 Å². The molecule has 1 N–H and O–H groups in total. The maximum Gasteiger partial charge on any atom is 0.123 e. The number of benzene rings is 2. The minimum Gasteiger partial charge on any atom is -0.278 e. The van der Waals surface area contributed by atoms with E-state index in [1.54, 1.807) is 12.1 Å². The van der Waals surface area contributed by atoms with E-state index >= 15 is 0 Å². The first-order valence-corrected chi connectivity index (χ1v) is 5.37. The number of para-hydroxylation sites is 1. The van der Waals surface area contributed by atoms with Gasteiger partial charge in [0.1, 0.15) is 5.82 Å². The Morgan fingerprint density at radius 3 is 2.29 bits per heavy atom. The fraction of sp³-hybridized carbons (Fsp3) is 0.0714. The van der Waals surface area contributed by atoms with Crippen molar-refractivity contribution in [1.82, 2.24) is 0 Å². The van der Waals surface area contributed by atoms with E-state index in [4.69, 9.17) is 0 Å². The maximum atomic E-state index is 12.7. The molecule has 0 aliphatic rings.